The second kappa shape index (κ2) is 9.86. The third kappa shape index (κ3) is 5.30. The summed E-state index contributed by atoms with van der Waals surface area (Å²) in [7, 11) is -3.85. The number of sulfonamides is 1. The van der Waals surface area contributed by atoms with Gasteiger partial charge in [-0.05, 0) is 61.7 Å². The van der Waals surface area contributed by atoms with Crippen molar-refractivity contribution in [2.75, 3.05) is 13.2 Å². The molecule has 0 saturated carbocycles. The van der Waals surface area contributed by atoms with E-state index in [2.05, 4.69) is 10.5 Å². The number of amides is 1. The molecule has 8 nitrogen and oxygen atoms in total. The third-order valence-corrected chi connectivity index (χ3v) is 7.13. The Hall–Kier alpha value is -2.33. The van der Waals surface area contributed by atoms with Gasteiger partial charge in [0.2, 0.25) is 10.0 Å². The van der Waals surface area contributed by atoms with Crippen LogP contribution in [0.15, 0.2) is 46.4 Å². The van der Waals surface area contributed by atoms with Gasteiger partial charge in [-0.25, -0.2) is 13.8 Å². The summed E-state index contributed by atoms with van der Waals surface area (Å²) in [5, 5.41) is 14.3. The zero-order valence-electron chi connectivity index (χ0n) is 16.6. The van der Waals surface area contributed by atoms with E-state index < -0.39 is 22.0 Å². The van der Waals surface area contributed by atoms with E-state index >= 15 is 0 Å². The molecule has 3 rings (SSSR count). The Morgan fingerprint density at radius 2 is 2.03 bits per heavy atom. The van der Waals surface area contributed by atoms with E-state index in [0.717, 1.165) is 0 Å². The molecule has 11 heteroatoms. The maximum absolute atomic E-state index is 12.9. The van der Waals surface area contributed by atoms with Gasteiger partial charge in [-0.1, -0.05) is 23.2 Å². The molecular weight excluding hydrogens is 465 g/mol. The van der Waals surface area contributed by atoms with E-state index in [1.165, 1.54) is 46.9 Å². The Bertz CT molecular complexity index is 1090. The lowest BCUT2D eigenvalue weighted by atomic mass is 10.2. The van der Waals surface area contributed by atoms with Crippen molar-refractivity contribution in [3.63, 3.8) is 0 Å². The minimum absolute atomic E-state index is 0.0716. The fourth-order valence-electron chi connectivity index (χ4n) is 3.21. The number of phenols is 1. The lowest BCUT2D eigenvalue weighted by Crippen LogP contribution is -2.44. The number of benzene rings is 2. The molecule has 2 aromatic rings. The zero-order valence-corrected chi connectivity index (χ0v) is 18.9. The summed E-state index contributed by atoms with van der Waals surface area (Å²) in [6.07, 6.45) is 2.27. The number of hydrazone groups is 1. The Morgan fingerprint density at radius 3 is 2.71 bits per heavy atom. The van der Waals surface area contributed by atoms with Crippen LogP contribution in [-0.4, -0.2) is 49.1 Å². The predicted octanol–water partition coefficient (Wildman–Crippen LogP) is 3.40. The van der Waals surface area contributed by atoms with Crippen molar-refractivity contribution in [1.82, 2.24) is 9.73 Å². The Kier molecular flexibility index (Phi) is 7.42. The topological polar surface area (TPSA) is 108 Å². The lowest BCUT2D eigenvalue weighted by Gasteiger charge is -2.22. The van der Waals surface area contributed by atoms with Crippen molar-refractivity contribution in [2.45, 2.75) is 30.7 Å². The first kappa shape index (κ1) is 23.3. The average Bonchev–Trinajstić information content (AvgIpc) is 3.23. The number of rotatable bonds is 7. The molecule has 0 spiro atoms. The number of phenolic OH excluding ortho intramolecular Hbond substituents is 1. The highest BCUT2D eigenvalue weighted by Crippen LogP contribution is 2.34. The quantitative estimate of drug-likeness (QED) is 0.461. The standard InChI is InChI=1S/C20H21Cl2N3O5S/c1-2-30-18-11-13(10-16(22)19(18)26)12-23-24-20(27)17-4-3-9-25(17)31(28,29)15-7-5-14(21)6-8-15/h5-8,10-12,17,26H,2-4,9H2,1H3,(H,24,27)/b23-12-/t17-/m0/s1. The zero-order chi connectivity index (χ0) is 22.6. The highest BCUT2D eigenvalue weighted by molar-refractivity contribution is 7.89. The van der Waals surface area contributed by atoms with Crippen LogP contribution in [0.2, 0.25) is 10.0 Å². The molecule has 0 aromatic heterocycles. The number of hydrogen-bond donors (Lipinski definition) is 2. The van der Waals surface area contributed by atoms with Crippen LogP contribution in [0.4, 0.5) is 0 Å². The van der Waals surface area contributed by atoms with Crippen molar-refractivity contribution in [2.24, 2.45) is 5.10 Å². The van der Waals surface area contributed by atoms with E-state index in [1.807, 2.05) is 0 Å². The van der Waals surface area contributed by atoms with Crippen LogP contribution in [-0.2, 0) is 14.8 Å². The molecule has 31 heavy (non-hydrogen) atoms. The molecule has 2 aromatic carbocycles. The molecule has 1 aliphatic heterocycles. The second-order valence-electron chi connectivity index (χ2n) is 6.74. The van der Waals surface area contributed by atoms with E-state index in [4.69, 9.17) is 27.9 Å². The number of hydrogen-bond acceptors (Lipinski definition) is 6. The van der Waals surface area contributed by atoms with Crippen LogP contribution in [0.5, 0.6) is 11.5 Å². The van der Waals surface area contributed by atoms with Gasteiger partial charge in [0.25, 0.3) is 5.91 Å². The number of halogens is 2. The van der Waals surface area contributed by atoms with Crippen LogP contribution in [0, 0.1) is 0 Å². The second-order valence-corrected chi connectivity index (χ2v) is 9.48. The molecule has 1 aliphatic rings. The fraction of sp³-hybridized carbons (Fsp3) is 0.300. The van der Waals surface area contributed by atoms with Crippen molar-refractivity contribution in [1.29, 1.82) is 0 Å². The van der Waals surface area contributed by atoms with Crippen LogP contribution < -0.4 is 10.2 Å². The first-order valence-electron chi connectivity index (χ1n) is 9.49. The van der Waals surface area contributed by atoms with Gasteiger partial charge < -0.3 is 9.84 Å². The van der Waals surface area contributed by atoms with E-state index in [9.17, 15) is 18.3 Å². The SMILES string of the molecule is CCOc1cc(/C=N\NC(=O)[C@@H]2CCCN2S(=O)(=O)c2ccc(Cl)cc2)cc(Cl)c1O. The molecule has 1 fully saturated rings. The van der Waals surface area contributed by atoms with Crippen LogP contribution in [0.3, 0.4) is 0 Å². The van der Waals surface area contributed by atoms with E-state index in [0.29, 0.717) is 30.0 Å². The molecule has 0 radical (unpaired) electrons. The summed E-state index contributed by atoms with van der Waals surface area (Å²) in [4.78, 5) is 12.7. The molecular formula is C20H21Cl2N3O5S. The van der Waals surface area contributed by atoms with Gasteiger partial charge in [0.1, 0.15) is 6.04 Å². The number of carbonyl (C=O) groups is 1. The van der Waals surface area contributed by atoms with Gasteiger partial charge >= 0.3 is 0 Å². The monoisotopic (exact) mass is 485 g/mol. The molecule has 0 aliphatic carbocycles. The fourth-order valence-corrected chi connectivity index (χ4v) is 5.21. The smallest absolute Gasteiger partial charge is 0.258 e. The number of nitrogens with zero attached hydrogens (tertiary/aromatic N) is 2. The number of nitrogens with one attached hydrogen (secondary N) is 1. The molecule has 1 atom stereocenters. The van der Waals surface area contributed by atoms with E-state index in [-0.39, 0.29) is 28.0 Å². The maximum Gasteiger partial charge on any atom is 0.258 e. The van der Waals surface area contributed by atoms with Gasteiger partial charge in [-0.2, -0.15) is 9.41 Å². The summed E-state index contributed by atoms with van der Waals surface area (Å²) in [5.41, 5.74) is 2.87. The first-order chi connectivity index (χ1) is 14.7. The van der Waals surface area contributed by atoms with Crippen LogP contribution in [0.25, 0.3) is 0 Å². The minimum atomic E-state index is -3.85. The molecule has 1 saturated heterocycles. The largest absolute Gasteiger partial charge is 0.503 e. The minimum Gasteiger partial charge on any atom is -0.503 e. The maximum atomic E-state index is 12.9. The highest BCUT2D eigenvalue weighted by Gasteiger charge is 2.39. The molecule has 1 heterocycles. The summed E-state index contributed by atoms with van der Waals surface area (Å²) >= 11 is 11.8. The third-order valence-electron chi connectivity index (χ3n) is 4.67. The van der Waals surface area contributed by atoms with Crippen LogP contribution >= 0.6 is 23.2 Å². The van der Waals surface area contributed by atoms with Crippen molar-refractivity contribution in [3.8, 4) is 11.5 Å². The number of aromatic hydroxyl groups is 1. The molecule has 0 unspecified atom stereocenters. The molecule has 2 N–H and O–H groups in total. The van der Waals surface area contributed by atoms with Crippen molar-refractivity contribution >= 4 is 45.3 Å². The van der Waals surface area contributed by atoms with Gasteiger partial charge in [0, 0.05) is 11.6 Å². The Morgan fingerprint density at radius 1 is 1.32 bits per heavy atom. The molecule has 1 amide bonds. The number of ether oxygens (including phenoxy) is 1. The summed E-state index contributed by atoms with van der Waals surface area (Å²) in [6.45, 7) is 2.33. The van der Waals surface area contributed by atoms with Gasteiger partial charge in [-0.15, -0.1) is 0 Å². The predicted molar refractivity (Wildman–Crippen MR) is 118 cm³/mol. The highest BCUT2D eigenvalue weighted by atomic mass is 35.5. The molecule has 0 bridgehead atoms. The Balaban J connectivity index is 1.72. The Labute approximate surface area is 190 Å². The van der Waals surface area contributed by atoms with Gasteiger partial charge in [-0.3, -0.25) is 4.79 Å². The lowest BCUT2D eigenvalue weighted by molar-refractivity contribution is -0.124. The first-order valence-corrected chi connectivity index (χ1v) is 11.7. The normalized spacial score (nSPS) is 17.2. The summed E-state index contributed by atoms with van der Waals surface area (Å²) < 4.78 is 32.3. The van der Waals surface area contributed by atoms with Gasteiger partial charge in [0.15, 0.2) is 11.5 Å². The van der Waals surface area contributed by atoms with Crippen LogP contribution in [0.1, 0.15) is 25.3 Å². The summed E-state index contributed by atoms with van der Waals surface area (Å²) in [6, 6.07) is 7.91. The molecule has 166 valence electrons. The van der Waals surface area contributed by atoms with Crippen molar-refractivity contribution < 1.29 is 23.1 Å². The van der Waals surface area contributed by atoms with Gasteiger partial charge in [0.05, 0.1) is 22.7 Å². The average molecular weight is 486 g/mol. The summed E-state index contributed by atoms with van der Waals surface area (Å²) in [5.74, 6) is -0.529. The van der Waals surface area contributed by atoms with E-state index in [1.54, 1.807) is 6.92 Å². The number of carbonyl (C=O) groups excluding carboxylic acids is 1. The van der Waals surface area contributed by atoms with Crippen molar-refractivity contribution in [3.05, 3.63) is 52.0 Å².